The Balaban J connectivity index is 1.34. The van der Waals surface area contributed by atoms with Gasteiger partial charge >= 0.3 is 0 Å². The second kappa shape index (κ2) is 5.88. The fraction of sp³-hybridized carbons (Fsp3) is 0.706. The van der Waals surface area contributed by atoms with E-state index in [0.717, 1.165) is 55.9 Å². The fourth-order valence-corrected chi connectivity index (χ4v) is 3.70. The molecule has 1 aromatic heterocycles. The third kappa shape index (κ3) is 2.81. The van der Waals surface area contributed by atoms with Crippen LogP contribution in [0.1, 0.15) is 49.1 Å². The molecule has 1 spiro atoms. The van der Waals surface area contributed by atoms with E-state index in [4.69, 9.17) is 9.36 Å². The van der Waals surface area contributed by atoms with Gasteiger partial charge in [0.15, 0.2) is 5.60 Å². The van der Waals surface area contributed by atoms with Crippen LogP contribution in [0.25, 0.3) is 0 Å². The minimum Gasteiger partial charge on any atom is -0.387 e. The Morgan fingerprint density at radius 3 is 2.92 bits per heavy atom. The summed E-state index contributed by atoms with van der Waals surface area (Å²) in [4.78, 5) is 20.3. The average Bonchev–Trinajstić information content (AvgIpc) is 3.20. The van der Waals surface area contributed by atoms with Crippen LogP contribution in [0.3, 0.4) is 0 Å². The third-order valence-electron chi connectivity index (χ3n) is 5.50. The van der Waals surface area contributed by atoms with Crippen molar-refractivity contribution in [3.05, 3.63) is 17.0 Å². The zero-order valence-corrected chi connectivity index (χ0v) is 14.3. The molecule has 7 nitrogen and oxygen atoms in total. The topological polar surface area (TPSA) is 80.0 Å². The lowest BCUT2D eigenvalue weighted by Gasteiger charge is -2.26. The molecule has 1 aromatic rings. The first-order chi connectivity index (χ1) is 11.5. The van der Waals surface area contributed by atoms with E-state index in [1.807, 2.05) is 13.8 Å². The molecule has 1 aliphatic carbocycles. The number of carbonyl (C=O) groups excluding carboxylic acids is 1. The number of aryl methyl sites for hydroxylation is 2. The van der Waals surface area contributed by atoms with Gasteiger partial charge in [-0.25, -0.2) is 0 Å². The van der Waals surface area contributed by atoms with Crippen LogP contribution in [-0.2, 0) is 16.2 Å². The van der Waals surface area contributed by atoms with Crippen molar-refractivity contribution < 1.29 is 14.2 Å². The predicted molar refractivity (Wildman–Crippen MR) is 87.5 cm³/mol. The number of oxime groups is 1. The van der Waals surface area contributed by atoms with Crippen molar-refractivity contribution in [2.45, 2.75) is 64.1 Å². The molecule has 0 bridgehead atoms. The molecule has 130 valence electrons. The summed E-state index contributed by atoms with van der Waals surface area (Å²) >= 11 is 0. The van der Waals surface area contributed by atoms with Crippen molar-refractivity contribution in [2.75, 3.05) is 13.1 Å². The van der Waals surface area contributed by atoms with E-state index in [-0.39, 0.29) is 11.5 Å². The van der Waals surface area contributed by atoms with E-state index in [1.54, 1.807) is 0 Å². The van der Waals surface area contributed by atoms with Crippen molar-refractivity contribution >= 4 is 11.6 Å². The lowest BCUT2D eigenvalue weighted by Crippen LogP contribution is -2.43. The van der Waals surface area contributed by atoms with Crippen molar-refractivity contribution in [3.8, 4) is 0 Å². The van der Waals surface area contributed by atoms with Gasteiger partial charge in [-0.15, -0.1) is 0 Å². The summed E-state index contributed by atoms with van der Waals surface area (Å²) in [7, 11) is 0. The monoisotopic (exact) mass is 332 g/mol. The minimum absolute atomic E-state index is 0.0549. The summed E-state index contributed by atoms with van der Waals surface area (Å²) in [6, 6.07) is 0.330. The molecule has 1 atom stereocenters. The van der Waals surface area contributed by atoms with E-state index in [2.05, 4.69) is 20.5 Å². The van der Waals surface area contributed by atoms with E-state index in [0.29, 0.717) is 18.2 Å². The summed E-state index contributed by atoms with van der Waals surface area (Å²) in [5, 5.41) is 11.2. The lowest BCUT2D eigenvalue weighted by molar-refractivity contribution is -0.116. The van der Waals surface area contributed by atoms with E-state index in [1.165, 1.54) is 6.42 Å². The van der Waals surface area contributed by atoms with Crippen LogP contribution in [0.5, 0.6) is 0 Å². The molecule has 4 rings (SSSR count). The molecule has 2 fully saturated rings. The van der Waals surface area contributed by atoms with E-state index >= 15 is 0 Å². The van der Waals surface area contributed by atoms with Gasteiger partial charge in [0.05, 0.1) is 5.69 Å². The molecule has 1 saturated heterocycles. The molecule has 0 aromatic carbocycles. The smallest absolute Gasteiger partial charge is 0.269 e. The Morgan fingerprint density at radius 1 is 1.42 bits per heavy atom. The standard InChI is InChI=1S/C17H24N4O3/c1-11-14(12(2)23-19-11)9-21-7-6-17(10-21)8-15(20-24-17)16(22)18-13-4-3-5-13/h13H,3-10H2,1-2H3,(H,18,22). The van der Waals surface area contributed by atoms with Gasteiger partial charge in [0.1, 0.15) is 11.5 Å². The van der Waals surface area contributed by atoms with Crippen LogP contribution in [0, 0.1) is 13.8 Å². The highest BCUT2D eigenvalue weighted by Crippen LogP contribution is 2.35. The summed E-state index contributed by atoms with van der Waals surface area (Å²) in [6.45, 7) is 6.42. The molecule has 1 unspecified atom stereocenters. The maximum absolute atomic E-state index is 12.3. The molecule has 3 aliphatic rings. The second-order valence-corrected chi connectivity index (χ2v) is 7.35. The highest BCUT2D eigenvalue weighted by molar-refractivity contribution is 6.39. The van der Waals surface area contributed by atoms with Crippen LogP contribution >= 0.6 is 0 Å². The quantitative estimate of drug-likeness (QED) is 0.907. The summed E-state index contributed by atoms with van der Waals surface area (Å²) < 4.78 is 5.24. The van der Waals surface area contributed by atoms with Gasteiger partial charge in [0.25, 0.3) is 5.91 Å². The second-order valence-electron chi connectivity index (χ2n) is 7.35. The van der Waals surface area contributed by atoms with Gasteiger partial charge in [-0.2, -0.15) is 0 Å². The SMILES string of the molecule is Cc1noc(C)c1CN1CCC2(CC(C(=O)NC3CCC3)=NO2)C1. The number of nitrogens with zero attached hydrogens (tertiary/aromatic N) is 3. The van der Waals surface area contributed by atoms with E-state index < -0.39 is 0 Å². The largest absolute Gasteiger partial charge is 0.387 e. The number of aromatic nitrogens is 1. The minimum atomic E-state index is -0.342. The lowest BCUT2D eigenvalue weighted by atomic mass is 9.92. The van der Waals surface area contributed by atoms with Gasteiger partial charge < -0.3 is 14.7 Å². The van der Waals surface area contributed by atoms with Crippen LogP contribution in [0.4, 0.5) is 0 Å². The maximum atomic E-state index is 12.3. The van der Waals surface area contributed by atoms with Gasteiger partial charge in [0, 0.05) is 44.1 Å². The number of rotatable bonds is 4. The highest BCUT2D eigenvalue weighted by atomic mass is 16.7. The zero-order valence-electron chi connectivity index (χ0n) is 14.3. The van der Waals surface area contributed by atoms with Gasteiger partial charge in [-0.3, -0.25) is 9.69 Å². The zero-order chi connectivity index (χ0) is 16.7. The molecule has 7 heteroatoms. The maximum Gasteiger partial charge on any atom is 0.269 e. The molecule has 1 amide bonds. The van der Waals surface area contributed by atoms with Crippen molar-refractivity contribution in [1.29, 1.82) is 0 Å². The third-order valence-corrected chi connectivity index (χ3v) is 5.50. The Kier molecular flexibility index (Phi) is 3.83. The van der Waals surface area contributed by atoms with Gasteiger partial charge in [-0.05, 0) is 33.1 Å². The number of amides is 1. The van der Waals surface area contributed by atoms with Crippen LogP contribution in [0.2, 0.25) is 0 Å². The predicted octanol–water partition coefficient (Wildman–Crippen LogP) is 1.68. The number of hydrogen-bond donors (Lipinski definition) is 1. The average molecular weight is 332 g/mol. The molecule has 0 radical (unpaired) electrons. The van der Waals surface area contributed by atoms with Crippen molar-refractivity contribution in [1.82, 2.24) is 15.4 Å². The summed E-state index contributed by atoms with van der Waals surface area (Å²) in [5.41, 5.74) is 2.29. The van der Waals surface area contributed by atoms with Gasteiger partial charge in [-0.1, -0.05) is 10.3 Å². The number of hydrogen-bond acceptors (Lipinski definition) is 6. The Hall–Kier alpha value is -1.89. The Bertz CT molecular complexity index is 660. The summed E-state index contributed by atoms with van der Waals surface area (Å²) in [6.07, 6.45) is 4.85. The first-order valence-corrected chi connectivity index (χ1v) is 8.75. The highest BCUT2D eigenvalue weighted by Gasteiger charge is 2.47. The normalized spacial score (nSPS) is 27.2. The number of likely N-dealkylation sites (tertiary alicyclic amines) is 1. The molecular weight excluding hydrogens is 308 g/mol. The molecule has 3 heterocycles. The molecular formula is C17H24N4O3. The summed E-state index contributed by atoms with van der Waals surface area (Å²) in [5.74, 6) is 0.818. The molecule has 24 heavy (non-hydrogen) atoms. The van der Waals surface area contributed by atoms with Crippen molar-refractivity contribution in [3.63, 3.8) is 0 Å². The van der Waals surface area contributed by atoms with E-state index in [9.17, 15) is 4.79 Å². The number of carbonyl (C=O) groups is 1. The van der Waals surface area contributed by atoms with Crippen LogP contribution in [-0.4, -0.2) is 46.4 Å². The van der Waals surface area contributed by atoms with Crippen LogP contribution < -0.4 is 5.32 Å². The molecule has 1 N–H and O–H groups in total. The number of nitrogens with one attached hydrogen (secondary N) is 1. The fourth-order valence-electron chi connectivity index (χ4n) is 3.70. The van der Waals surface area contributed by atoms with Crippen LogP contribution in [0.15, 0.2) is 9.68 Å². The Morgan fingerprint density at radius 2 is 2.25 bits per heavy atom. The first-order valence-electron chi connectivity index (χ1n) is 8.75. The molecule has 2 aliphatic heterocycles. The Labute approximate surface area is 141 Å². The van der Waals surface area contributed by atoms with Crippen molar-refractivity contribution in [2.24, 2.45) is 5.16 Å². The van der Waals surface area contributed by atoms with Gasteiger partial charge in [0.2, 0.25) is 0 Å². The first kappa shape index (κ1) is 15.6. The molecule has 1 saturated carbocycles.